The molecule has 0 aliphatic carbocycles. The number of nitrogens with one attached hydrogen (secondary N) is 1. The molecular formula is C14H19ClFNO2S. The zero-order valence-corrected chi connectivity index (χ0v) is 13.4. The molecule has 3 nitrogen and oxygen atoms in total. The fourth-order valence-electron chi connectivity index (χ4n) is 1.84. The van der Waals surface area contributed by atoms with Gasteiger partial charge >= 0.3 is 0 Å². The Kier molecular flexibility index (Phi) is 6.62. The van der Waals surface area contributed by atoms with Gasteiger partial charge in [0, 0.05) is 39.8 Å². The molecule has 0 aliphatic rings. The summed E-state index contributed by atoms with van der Waals surface area (Å²) >= 11 is 5.73. The van der Waals surface area contributed by atoms with Crippen molar-refractivity contribution in [2.45, 2.75) is 26.3 Å². The smallest absolute Gasteiger partial charge is 0.221 e. The quantitative estimate of drug-likeness (QED) is 0.876. The summed E-state index contributed by atoms with van der Waals surface area (Å²) in [6.45, 7) is 3.80. The van der Waals surface area contributed by atoms with Crippen molar-refractivity contribution in [2.75, 3.05) is 12.0 Å². The zero-order chi connectivity index (χ0) is 15.3. The summed E-state index contributed by atoms with van der Waals surface area (Å²) in [5.74, 6) is -0.328. The number of carbonyl (C=O) groups excluding carboxylic acids is 1. The second kappa shape index (κ2) is 7.74. The largest absolute Gasteiger partial charge is 0.349 e. The van der Waals surface area contributed by atoms with Gasteiger partial charge < -0.3 is 5.32 Å². The lowest BCUT2D eigenvalue weighted by Gasteiger charge is -2.23. The normalized spacial score (nSPS) is 14.1. The first-order chi connectivity index (χ1) is 9.31. The molecule has 0 aromatic heterocycles. The van der Waals surface area contributed by atoms with Crippen molar-refractivity contribution in [1.29, 1.82) is 0 Å². The third-order valence-electron chi connectivity index (χ3n) is 2.90. The van der Waals surface area contributed by atoms with Gasteiger partial charge in [0.1, 0.15) is 5.82 Å². The summed E-state index contributed by atoms with van der Waals surface area (Å²) in [4.78, 5) is 11.8. The average molecular weight is 320 g/mol. The van der Waals surface area contributed by atoms with Gasteiger partial charge in [-0.1, -0.05) is 31.5 Å². The first-order valence-electron chi connectivity index (χ1n) is 6.35. The van der Waals surface area contributed by atoms with Crippen molar-refractivity contribution in [2.24, 2.45) is 5.92 Å². The van der Waals surface area contributed by atoms with Gasteiger partial charge in [-0.3, -0.25) is 9.00 Å². The van der Waals surface area contributed by atoms with Crippen molar-refractivity contribution in [1.82, 2.24) is 5.32 Å². The van der Waals surface area contributed by atoms with Crippen LogP contribution in [0, 0.1) is 11.7 Å². The maximum absolute atomic E-state index is 13.9. The lowest BCUT2D eigenvalue weighted by atomic mass is 9.95. The molecule has 1 aromatic rings. The predicted molar refractivity (Wildman–Crippen MR) is 80.7 cm³/mol. The maximum Gasteiger partial charge on any atom is 0.221 e. The summed E-state index contributed by atoms with van der Waals surface area (Å²) in [6, 6.07) is 3.99. The third kappa shape index (κ3) is 5.21. The first-order valence-corrected chi connectivity index (χ1v) is 8.46. The molecular weight excluding hydrogens is 301 g/mol. The van der Waals surface area contributed by atoms with E-state index in [0.29, 0.717) is 16.3 Å². The topological polar surface area (TPSA) is 46.2 Å². The molecule has 0 saturated heterocycles. The van der Waals surface area contributed by atoms with Crippen molar-refractivity contribution < 1.29 is 13.4 Å². The Labute approximate surface area is 126 Å². The van der Waals surface area contributed by atoms with Crippen molar-refractivity contribution in [3.8, 4) is 0 Å². The van der Waals surface area contributed by atoms with Crippen LogP contribution in [-0.2, 0) is 15.6 Å². The molecule has 0 unspecified atom stereocenters. The third-order valence-corrected chi connectivity index (χ3v) is 3.91. The Bertz CT molecular complexity index is 508. The van der Waals surface area contributed by atoms with Gasteiger partial charge in [-0.25, -0.2) is 4.39 Å². The Morgan fingerprint density at radius 3 is 2.60 bits per heavy atom. The summed E-state index contributed by atoms with van der Waals surface area (Å²) in [5.41, 5.74) is 0.412. The van der Waals surface area contributed by atoms with Gasteiger partial charge in [-0.15, -0.1) is 0 Å². The minimum Gasteiger partial charge on any atom is -0.349 e. The minimum atomic E-state index is -1.02. The van der Waals surface area contributed by atoms with Crippen LogP contribution in [0.3, 0.4) is 0 Å². The molecule has 1 amide bonds. The van der Waals surface area contributed by atoms with Crippen LogP contribution in [0.25, 0.3) is 0 Å². The molecule has 20 heavy (non-hydrogen) atoms. The van der Waals surface area contributed by atoms with Crippen LogP contribution in [0.5, 0.6) is 0 Å². The zero-order valence-electron chi connectivity index (χ0n) is 11.8. The maximum atomic E-state index is 13.9. The van der Waals surface area contributed by atoms with Crippen molar-refractivity contribution >= 4 is 28.3 Å². The van der Waals surface area contributed by atoms with Crippen LogP contribution in [0.1, 0.15) is 31.9 Å². The highest BCUT2D eigenvalue weighted by Crippen LogP contribution is 2.26. The van der Waals surface area contributed by atoms with E-state index < -0.39 is 22.7 Å². The molecule has 0 fully saturated rings. The monoisotopic (exact) mass is 319 g/mol. The van der Waals surface area contributed by atoms with E-state index in [4.69, 9.17) is 11.6 Å². The standard InChI is InChI=1S/C14H19ClFNO2S/c1-9(2)14(17-13(18)6-7-20(3)19)11-5-4-10(15)8-12(11)16/h4-5,8-9,14H,6-7H2,1-3H3,(H,17,18)/t14-,20+/m1/s1. The lowest BCUT2D eigenvalue weighted by molar-refractivity contribution is -0.121. The molecule has 0 bridgehead atoms. The van der Waals surface area contributed by atoms with E-state index in [9.17, 15) is 13.4 Å². The van der Waals surface area contributed by atoms with E-state index in [1.807, 2.05) is 13.8 Å². The van der Waals surface area contributed by atoms with E-state index in [-0.39, 0.29) is 18.2 Å². The Morgan fingerprint density at radius 2 is 2.10 bits per heavy atom. The molecule has 0 radical (unpaired) electrons. The number of carbonyl (C=O) groups is 1. The van der Waals surface area contributed by atoms with Crippen LogP contribution in [0.2, 0.25) is 5.02 Å². The number of halogens is 2. The minimum absolute atomic E-state index is 0.0294. The highest BCUT2D eigenvalue weighted by molar-refractivity contribution is 7.84. The number of amides is 1. The molecule has 1 aromatic carbocycles. The van der Waals surface area contributed by atoms with Gasteiger partial charge in [0.25, 0.3) is 0 Å². The van der Waals surface area contributed by atoms with Gasteiger partial charge in [-0.05, 0) is 18.1 Å². The molecule has 0 aliphatic heterocycles. The average Bonchev–Trinajstić information content (AvgIpc) is 2.34. The van der Waals surface area contributed by atoms with Gasteiger partial charge in [0.05, 0.1) is 6.04 Å². The van der Waals surface area contributed by atoms with Gasteiger partial charge in [-0.2, -0.15) is 0 Å². The molecule has 2 atom stereocenters. The van der Waals surface area contributed by atoms with E-state index >= 15 is 0 Å². The van der Waals surface area contributed by atoms with Crippen molar-refractivity contribution in [3.63, 3.8) is 0 Å². The first kappa shape index (κ1) is 17.1. The fourth-order valence-corrected chi connectivity index (χ4v) is 2.47. The van der Waals surface area contributed by atoms with E-state index in [2.05, 4.69) is 5.32 Å². The summed E-state index contributed by atoms with van der Waals surface area (Å²) in [7, 11) is -1.02. The number of benzene rings is 1. The van der Waals surface area contributed by atoms with Crippen LogP contribution < -0.4 is 5.32 Å². The lowest BCUT2D eigenvalue weighted by Crippen LogP contribution is -2.33. The van der Waals surface area contributed by atoms with Crippen LogP contribution >= 0.6 is 11.6 Å². The number of hydrogen-bond donors (Lipinski definition) is 1. The Morgan fingerprint density at radius 1 is 1.45 bits per heavy atom. The van der Waals surface area contributed by atoms with E-state index in [1.165, 1.54) is 6.07 Å². The van der Waals surface area contributed by atoms with Gasteiger partial charge in [0.2, 0.25) is 5.91 Å². The second-order valence-electron chi connectivity index (χ2n) is 4.98. The molecule has 0 saturated carbocycles. The Hall–Kier alpha value is -0.940. The molecule has 1 rings (SSSR count). The van der Waals surface area contributed by atoms with Crippen LogP contribution in [-0.4, -0.2) is 22.1 Å². The highest BCUT2D eigenvalue weighted by atomic mass is 35.5. The molecule has 0 spiro atoms. The summed E-state index contributed by atoms with van der Waals surface area (Å²) in [6.07, 6.45) is 1.72. The van der Waals surface area contributed by atoms with E-state index in [1.54, 1.807) is 18.4 Å². The number of hydrogen-bond acceptors (Lipinski definition) is 2. The van der Waals surface area contributed by atoms with Crippen LogP contribution in [0.15, 0.2) is 18.2 Å². The molecule has 0 heterocycles. The van der Waals surface area contributed by atoms with Crippen molar-refractivity contribution in [3.05, 3.63) is 34.6 Å². The van der Waals surface area contributed by atoms with Gasteiger partial charge in [0.15, 0.2) is 0 Å². The molecule has 1 N–H and O–H groups in total. The highest BCUT2D eigenvalue weighted by Gasteiger charge is 2.21. The fraction of sp³-hybridized carbons (Fsp3) is 0.500. The summed E-state index contributed by atoms with van der Waals surface area (Å²) in [5, 5.41) is 3.11. The summed E-state index contributed by atoms with van der Waals surface area (Å²) < 4.78 is 24.9. The predicted octanol–water partition coefficient (Wildman–Crippen LogP) is 3.06. The second-order valence-corrected chi connectivity index (χ2v) is 6.97. The number of rotatable bonds is 6. The molecule has 6 heteroatoms. The SMILES string of the molecule is CC(C)[C@@H](NC(=O)CC[S@](C)=O)c1ccc(Cl)cc1F. The molecule has 112 valence electrons. The van der Waals surface area contributed by atoms with Crippen LogP contribution in [0.4, 0.5) is 4.39 Å². The van der Waals surface area contributed by atoms with E-state index in [0.717, 1.165) is 0 Å². The Balaban J connectivity index is 2.84.